The van der Waals surface area contributed by atoms with Crippen molar-refractivity contribution in [1.82, 2.24) is 10.2 Å². The van der Waals surface area contributed by atoms with Gasteiger partial charge in [0.25, 0.3) is 5.91 Å². The summed E-state index contributed by atoms with van der Waals surface area (Å²) in [7, 11) is 1.52. The van der Waals surface area contributed by atoms with Gasteiger partial charge in [-0.05, 0) is 56.2 Å². The van der Waals surface area contributed by atoms with E-state index < -0.39 is 6.04 Å². The molecule has 0 aliphatic rings. The van der Waals surface area contributed by atoms with Crippen LogP contribution in [0.25, 0.3) is 0 Å². The third kappa shape index (κ3) is 5.87. The second kappa shape index (κ2) is 10.3. The predicted octanol–water partition coefficient (Wildman–Crippen LogP) is 4.91. The first-order valence-electron chi connectivity index (χ1n) is 8.99. The third-order valence-electron chi connectivity index (χ3n) is 4.58. The molecule has 2 aromatic rings. The summed E-state index contributed by atoms with van der Waals surface area (Å²) < 4.78 is 6.72. The summed E-state index contributed by atoms with van der Waals surface area (Å²) in [6.45, 7) is 5.42. The van der Waals surface area contributed by atoms with Crippen molar-refractivity contribution in [2.45, 2.75) is 33.4 Å². The van der Waals surface area contributed by atoms with Crippen LogP contribution in [0.3, 0.4) is 0 Å². The predicted molar refractivity (Wildman–Crippen MR) is 120 cm³/mol. The van der Waals surface area contributed by atoms with Gasteiger partial charge in [-0.15, -0.1) is 0 Å². The van der Waals surface area contributed by atoms with Crippen LogP contribution in [-0.2, 0) is 16.1 Å². The number of amides is 2. The monoisotopic (exact) mass is 500 g/mol. The standard InChI is InChI=1S/C21H23BrCl2N2O3/c1-12-8-15(9-13(2)20(12)22)29-11-19(27)26(14(3)21(28)25-4)10-16-17(23)6-5-7-18(16)24/h5-9,14H,10-11H2,1-4H3,(H,25,28)/t14-/m1/s1. The molecule has 0 fully saturated rings. The first-order chi connectivity index (χ1) is 13.6. The molecule has 0 aromatic heterocycles. The maximum atomic E-state index is 13.0. The van der Waals surface area contributed by atoms with Crippen LogP contribution in [0.2, 0.25) is 10.0 Å². The van der Waals surface area contributed by atoms with Crippen molar-refractivity contribution in [3.8, 4) is 5.75 Å². The quantitative estimate of drug-likeness (QED) is 0.586. The summed E-state index contributed by atoms with van der Waals surface area (Å²) in [4.78, 5) is 26.6. The average Bonchev–Trinajstić information content (AvgIpc) is 2.68. The van der Waals surface area contributed by atoms with Crippen molar-refractivity contribution < 1.29 is 14.3 Å². The Morgan fingerprint density at radius 3 is 2.24 bits per heavy atom. The van der Waals surface area contributed by atoms with Gasteiger partial charge in [-0.1, -0.05) is 45.2 Å². The van der Waals surface area contributed by atoms with Crippen molar-refractivity contribution >= 4 is 50.9 Å². The Bertz CT molecular complexity index is 878. The average molecular weight is 502 g/mol. The SMILES string of the molecule is CNC(=O)[C@@H](C)N(Cc1c(Cl)cccc1Cl)C(=O)COc1cc(C)c(Br)c(C)c1. The lowest BCUT2D eigenvalue weighted by molar-refractivity contribution is -0.142. The second-order valence-corrected chi connectivity index (χ2v) is 8.28. The number of rotatable bonds is 7. The zero-order valence-corrected chi connectivity index (χ0v) is 19.8. The van der Waals surface area contributed by atoms with Crippen molar-refractivity contribution in [3.63, 3.8) is 0 Å². The number of carbonyl (C=O) groups excluding carboxylic acids is 2. The number of carbonyl (C=O) groups is 2. The molecule has 0 aliphatic heterocycles. The first kappa shape index (κ1) is 23.5. The fraction of sp³-hybridized carbons (Fsp3) is 0.333. The minimum atomic E-state index is -0.725. The highest BCUT2D eigenvalue weighted by molar-refractivity contribution is 9.10. The molecule has 0 saturated heterocycles. The molecule has 0 radical (unpaired) electrons. The van der Waals surface area contributed by atoms with Gasteiger partial charge in [0.2, 0.25) is 5.91 Å². The number of nitrogens with one attached hydrogen (secondary N) is 1. The molecule has 156 valence electrons. The van der Waals surface area contributed by atoms with Crippen LogP contribution in [0.5, 0.6) is 5.75 Å². The van der Waals surface area contributed by atoms with E-state index in [1.807, 2.05) is 26.0 Å². The van der Waals surface area contributed by atoms with E-state index in [1.165, 1.54) is 11.9 Å². The number of benzene rings is 2. The molecule has 0 aliphatic carbocycles. The van der Waals surface area contributed by atoms with E-state index in [9.17, 15) is 9.59 Å². The zero-order chi connectivity index (χ0) is 21.7. The Morgan fingerprint density at radius 2 is 1.72 bits per heavy atom. The largest absolute Gasteiger partial charge is 0.484 e. The minimum Gasteiger partial charge on any atom is -0.484 e. The van der Waals surface area contributed by atoms with Crippen LogP contribution in [-0.4, -0.2) is 36.4 Å². The van der Waals surface area contributed by atoms with Gasteiger partial charge < -0.3 is 15.0 Å². The van der Waals surface area contributed by atoms with Gasteiger partial charge >= 0.3 is 0 Å². The van der Waals surface area contributed by atoms with E-state index in [0.29, 0.717) is 21.4 Å². The molecular weight excluding hydrogens is 479 g/mol. The molecule has 2 rings (SSSR count). The highest BCUT2D eigenvalue weighted by Crippen LogP contribution is 2.28. The topological polar surface area (TPSA) is 58.6 Å². The lowest BCUT2D eigenvalue weighted by Crippen LogP contribution is -2.48. The molecule has 0 unspecified atom stereocenters. The van der Waals surface area contributed by atoms with Gasteiger partial charge in [0.15, 0.2) is 6.61 Å². The van der Waals surface area contributed by atoms with E-state index in [2.05, 4.69) is 21.2 Å². The summed E-state index contributed by atoms with van der Waals surface area (Å²) in [6.07, 6.45) is 0. The van der Waals surface area contributed by atoms with Gasteiger partial charge in [-0.25, -0.2) is 0 Å². The summed E-state index contributed by atoms with van der Waals surface area (Å²) in [6, 6.07) is 8.09. The van der Waals surface area contributed by atoms with Gasteiger partial charge in [-0.2, -0.15) is 0 Å². The summed E-state index contributed by atoms with van der Waals surface area (Å²) in [5, 5.41) is 3.43. The van der Waals surface area contributed by atoms with E-state index >= 15 is 0 Å². The Labute approximate surface area is 189 Å². The number of aryl methyl sites for hydroxylation is 2. The van der Waals surface area contributed by atoms with E-state index in [-0.39, 0.29) is 25.0 Å². The Hall–Kier alpha value is -1.76. The molecule has 29 heavy (non-hydrogen) atoms. The third-order valence-corrected chi connectivity index (χ3v) is 6.54. The first-order valence-corrected chi connectivity index (χ1v) is 10.5. The molecule has 2 aromatic carbocycles. The molecular formula is C21H23BrCl2N2O3. The van der Waals surface area contributed by atoms with Crippen molar-refractivity contribution in [3.05, 3.63) is 61.5 Å². The van der Waals surface area contributed by atoms with Crippen LogP contribution in [0, 0.1) is 13.8 Å². The van der Waals surface area contributed by atoms with Gasteiger partial charge in [0.1, 0.15) is 11.8 Å². The van der Waals surface area contributed by atoms with Gasteiger partial charge in [0, 0.05) is 33.7 Å². The molecule has 0 bridgehead atoms. The number of hydrogen-bond acceptors (Lipinski definition) is 3. The number of halogens is 3. The highest BCUT2D eigenvalue weighted by Gasteiger charge is 2.27. The molecule has 1 N–H and O–H groups in total. The summed E-state index contributed by atoms with van der Waals surface area (Å²) >= 11 is 16.0. The van der Waals surface area contributed by atoms with E-state index in [1.54, 1.807) is 25.1 Å². The fourth-order valence-electron chi connectivity index (χ4n) is 2.86. The minimum absolute atomic E-state index is 0.0910. The van der Waals surface area contributed by atoms with Crippen LogP contribution in [0.15, 0.2) is 34.8 Å². The maximum absolute atomic E-state index is 13.0. The molecule has 1 atom stereocenters. The van der Waals surface area contributed by atoms with Crippen molar-refractivity contribution in [1.29, 1.82) is 0 Å². The summed E-state index contributed by atoms with van der Waals surface area (Å²) in [5.74, 6) is -0.0629. The lowest BCUT2D eigenvalue weighted by atomic mass is 10.1. The van der Waals surface area contributed by atoms with Crippen LogP contribution in [0.4, 0.5) is 0 Å². The summed E-state index contributed by atoms with van der Waals surface area (Å²) in [5.41, 5.74) is 2.59. The van der Waals surface area contributed by atoms with Crippen LogP contribution >= 0.6 is 39.1 Å². The molecule has 0 spiro atoms. The van der Waals surface area contributed by atoms with E-state index in [4.69, 9.17) is 27.9 Å². The van der Waals surface area contributed by atoms with Crippen LogP contribution in [0.1, 0.15) is 23.6 Å². The number of likely N-dealkylation sites (N-methyl/N-ethyl adjacent to an activating group) is 1. The maximum Gasteiger partial charge on any atom is 0.261 e. The van der Waals surface area contributed by atoms with Crippen LogP contribution < -0.4 is 10.1 Å². The smallest absolute Gasteiger partial charge is 0.261 e. The normalized spacial score (nSPS) is 11.7. The molecule has 0 saturated carbocycles. The fourth-order valence-corrected chi connectivity index (χ4v) is 3.61. The Kier molecular flexibility index (Phi) is 8.37. The van der Waals surface area contributed by atoms with Gasteiger partial charge in [-0.3, -0.25) is 9.59 Å². The highest BCUT2D eigenvalue weighted by atomic mass is 79.9. The molecule has 8 heteroatoms. The molecule has 0 heterocycles. The second-order valence-electron chi connectivity index (χ2n) is 6.67. The number of ether oxygens (including phenoxy) is 1. The molecule has 2 amide bonds. The van der Waals surface area contributed by atoms with Crippen molar-refractivity contribution in [2.75, 3.05) is 13.7 Å². The zero-order valence-electron chi connectivity index (χ0n) is 16.7. The lowest BCUT2D eigenvalue weighted by Gasteiger charge is -2.29. The van der Waals surface area contributed by atoms with E-state index in [0.717, 1.165) is 15.6 Å². The Balaban J connectivity index is 2.24. The van der Waals surface area contributed by atoms with Crippen molar-refractivity contribution in [2.24, 2.45) is 0 Å². The Morgan fingerprint density at radius 1 is 1.17 bits per heavy atom. The number of hydrogen-bond donors (Lipinski definition) is 1. The molecule has 5 nitrogen and oxygen atoms in total. The number of nitrogens with zero attached hydrogens (tertiary/aromatic N) is 1. The van der Waals surface area contributed by atoms with Gasteiger partial charge in [0.05, 0.1) is 0 Å².